The average molecular weight is 196 g/mol. The van der Waals surface area contributed by atoms with Crippen LogP contribution in [0, 0.1) is 0 Å². The second-order valence-electron chi connectivity index (χ2n) is 1.69. The van der Waals surface area contributed by atoms with Crippen molar-refractivity contribution in [3.63, 3.8) is 0 Å². The molecule has 8 nitrogen and oxygen atoms in total. The summed E-state index contributed by atoms with van der Waals surface area (Å²) in [4.78, 5) is 19.9. The molecule has 80 valence electrons. The number of hydrogen-bond acceptors (Lipinski definition) is 6. The third-order valence-corrected chi connectivity index (χ3v) is 0.777. The van der Waals surface area contributed by atoms with Crippen LogP contribution in [0.1, 0.15) is 6.42 Å². The molecule has 0 aromatic carbocycles. The van der Waals surface area contributed by atoms with Gasteiger partial charge in [0, 0.05) is 6.42 Å². The molecule has 0 radical (unpaired) electrons. The molecule has 0 aliphatic rings. The second kappa shape index (κ2) is 10.5. The van der Waals surface area contributed by atoms with Crippen LogP contribution in [-0.4, -0.2) is 25.4 Å². The predicted molar refractivity (Wildman–Crippen MR) is 45.7 cm³/mol. The Hall–Kier alpha value is -1.54. The highest BCUT2D eigenvalue weighted by Crippen LogP contribution is 1.84. The van der Waals surface area contributed by atoms with Crippen LogP contribution >= 0.6 is 0 Å². The van der Waals surface area contributed by atoms with Crippen molar-refractivity contribution in [2.24, 2.45) is 11.5 Å². The lowest BCUT2D eigenvalue weighted by atomic mass is 10.5. The van der Waals surface area contributed by atoms with E-state index in [1.807, 2.05) is 0 Å². The van der Waals surface area contributed by atoms with Gasteiger partial charge in [-0.05, 0) is 0 Å². The van der Waals surface area contributed by atoms with Crippen LogP contribution in [0.25, 0.3) is 0 Å². The van der Waals surface area contributed by atoms with Crippen LogP contribution in [0.5, 0.6) is 0 Å². The van der Waals surface area contributed by atoms with Gasteiger partial charge in [-0.25, -0.2) is 9.59 Å². The van der Waals surface area contributed by atoms with E-state index in [0.29, 0.717) is 6.42 Å². The molecule has 0 bridgehead atoms. The fourth-order valence-corrected chi connectivity index (χ4v) is 0.404. The van der Waals surface area contributed by atoms with Crippen molar-refractivity contribution in [1.82, 2.24) is 12.3 Å². The molecule has 0 aliphatic carbocycles. The molecule has 8 heteroatoms. The number of hydrogen-bond donors (Lipinski definition) is 4. The predicted octanol–water partition coefficient (Wildman–Crippen LogP) is -0.109. The standard InChI is InChI=1S/C5H10N2O4.2H3N/c6-4(8)10-2-1-3-11-5(7)9;;/h1-3H2,(H2,6,8)(H2,7,9);2*1H3. The highest BCUT2D eigenvalue weighted by Gasteiger charge is 1.95. The van der Waals surface area contributed by atoms with E-state index in [0.717, 1.165) is 0 Å². The summed E-state index contributed by atoms with van der Waals surface area (Å²) in [5.41, 5.74) is 9.28. The van der Waals surface area contributed by atoms with Gasteiger partial charge in [-0.1, -0.05) is 0 Å². The topological polar surface area (TPSA) is 175 Å². The summed E-state index contributed by atoms with van der Waals surface area (Å²) in [6.45, 7) is 0.255. The maximum absolute atomic E-state index is 9.96. The largest absolute Gasteiger partial charge is 0.450 e. The van der Waals surface area contributed by atoms with Gasteiger partial charge in [0.05, 0.1) is 13.2 Å². The van der Waals surface area contributed by atoms with Gasteiger partial charge >= 0.3 is 12.2 Å². The zero-order valence-electron chi connectivity index (χ0n) is 7.32. The Morgan fingerprint density at radius 3 is 1.46 bits per heavy atom. The molecule has 10 N–H and O–H groups in total. The van der Waals surface area contributed by atoms with E-state index in [1.165, 1.54) is 0 Å². The van der Waals surface area contributed by atoms with Gasteiger partial charge in [0.25, 0.3) is 0 Å². The first kappa shape index (κ1) is 17.5. The lowest BCUT2D eigenvalue weighted by Crippen LogP contribution is -2.17. The number of rotatable bonds is 4. The molecular formula is C5H16N4O4. The summed E-state index contributed by atoms with van der Waals surface area (Å²) >= 11 is 0. The summed E-state index contributed by atoms with van der Waals surface area (Å²) in [6.07, 6.45) is -1.29. The van der Waals surface area contributed by atoms with Crippen molar-refractivity contribution in [3.05, 3.63) is 0 Å². The van der Waals surface area contributed by atoms with Gasteiger partial charge in [0.2, 0.25) is 0 Å². The van der Waals surface area contributed by atoms with E-state index in [2.05, 4.69) is 20.9 Å². The Morgan fingerprint density at radius 2 is 1.23 bits per heavy atom. The summed E-state index contributed by atoms with van der Waals surface area (Å²) in [5.74, 6) is 0. The van der Waals surface area contributed by atoms with Gasteiger partial charge in [-0.15, -0.1) is 0 Å². The maximum atomic E-state index is 9.96. The highest BCUT2D eigenvalue weighted by molar-refractivity contribution is 5.64. The molecule has 0 unspecified atom stereocenters. The smallest absolute Gasteiger partial charge is 0.404 e. The molecule has 0 saturated heterocycles. The molecule has 0 aromatic heterocycles. The molecule has 13 heavy (non-hydrogen) atoms. The molecule has 2 amide bonds. The fraction of sp³-hybridized carbons (Fsp3) is 0.600. The van der Waals surface area contributed by atoms with Crippen molar-refractivity contribution in [2.75, 3.05) is 13.2 Å². The minimum atomic E-state index is -0.843. The first-order chi connectivity index (χ1) is 5.13. The SMILES string of the molecule is N.N.NC(=O)OCCCOC(N)=O. The molecule has 0 aliphatic heterocycles. The van der Waals surface area contributed by atoms with Crippen LogP contribution in [0.15, 0.2) is 0 Å². The first-order valence-corrected chi connectivity index (χ1v) is 2.97. The molecule has 0 heterocycles. The number of primary amides is 2. The van der Waals surface area contributed by atoms with Gasteiger partial charge in [-0.3, -0.25) is 0 Å². The highest BCUT2D eigenvalue weighted by atomic mass is 16.6. The Kier molecular flexibility index (Phi) is 14.1. The Balaban J connectivity index is -0.000000500. The van der Waals surface area contributed by atoms with Gasteiger partial charge < -0.3 is 33.2 Å². The van der Waals surface area contributed by atoms with Crippen molar-refractivity contribution < 1.29 is 19.1 Å². The zero-order valence-corrected chi connectivity index (χ0v) is 7.32. The third kappa shape index (κ3) is 17.9. The molecule has 0 aromatic rings. The quantitative estimate of drug-likeness (QED) is 0.456. The van der Waals surface area contributed by atoms with E-state index in [-0.39, 0.29) is 25.5 Å². The van der Waals surface area contributed by atoms with E-state index in [9.17, 15) is 9.59 Å². The molecule has 0 rings (SSSR count). The van der Waals surface area contributed by atoms with Crippen LogP contribution in [-0.2, 0) is 9.47 Å². The van der Waals surface area contributed by atoms with Gasteiger partial charge in [0.1, 0.15) is 0 Å². The summed E-state index contributed by atoms with van der Waals surface area (Å²) in [7, 11) is 0. The number of carbonyl (C=O) groups excluding carboxylic acids is 2. The minimum absolute atomic E-state index is 0. The summed E-state index contributed by atoms with van der Waals surface area (Å²) in [6, 6.07) is 0. The maximum Gasteiger partial charge on any atom is 0.404 e. The fourth-order valence-electron chi connectivity index (χ4n) is 0.404. The molecule has 0 fully saturated rings. The Morgan fingerprint density at radius 1 is 0.923 bits per heavy atom. The van der Waals surface area contributed by atoms with E-state index in [4.69, 9.17) is 0 Å². The first-order valence-electron chi connectivity index (χ1n) is 2.97. The minimum Gasteiger partial charge on any atom is -0.450 e. The van der Waals surface area contributed by atoms with Crippen LogP contribution in [0.4, 0.5) is 9.59 Å². The van der Waals surface area contributed by atoms with E-state index < -0.39 is 12.2 Å². The zero-order chi connectivity index (χ0) is 8.69. The lowest BCUT2D eigenvalue weighted by molar-refractivity contribution is 0.128. The van der Waals surface area contributed by atoms with E-state index >= 15 is 0 Å². The van der Waals surface area contributed by atoms with Crippen molar-refractivity contribution in [1.29, 1.82) is 0 Å². The molecule has 0 saturated carbocycles. The van der Waals surface area contributed by atoms with Gasteiger partial charge in [0.15, 0.2) is 0 Å². The normalized spacial score (nSPS) is 7.38. The Labute approximate surface area is 75.7 Å². The molecule has 0 atom stereocenters. The number of amides is 2. The summed E-state index contributed by atoms with van der Waals surface area (Å²) in [5, 5.41) is 0. The third-order valence-electron chi connectivity index (χ3n) is 0.777. The van der Waals surface area contributed by atoms with Crippen molar-refractivity contribution >= 4 is 12.2 Å². The van der Waals surface area contributed by atoms with E-state index in [1.54, 1.807) is 0 Å². The molecule has 0 spiro atoms. The van der Waals surface area contributed by atoms with Crippen LogP contribution in [0.3, 0.4) is 0 Å². The lowest BCUT2D eigenvalue weighted by Gasteiger charge is -2.00. The Bertz CT molecular complexity index is 135. The van der Waals surface area contributed by atoms with Gasteiger partial charge in [-0.2, -0.15) is 0 Å². The number of carbonyl (C=O) groups is 2. The summed E-state index contributed by atoms with van der Waals surface area (Å²) < 4.78 is 8.66. The van der Waals surface area contributed by atoms with Crippen molar-refractivity contribution in [2.45, 2.75) is 6.42 Å². The molecular weight excluding hydrogens is 180 g/mol. The monoisotopic (exact) mass is 196 g/mol. The van der Waals surface area contributed by atoms with Crippen LogP contribution < -0.4 is 23.8 Å². The average Bonchev–Trinajstić information content (AvgIpc) is 1.85. The number of ether oxygens (including phenoxy) is 2. The second-order valence-corrected chi connectivity index (χ2v) is 1.69. The van der Waals surface area contributed by atoms with Crippen molar-refractivity contribution in [3.8, 4) is 0 Å². The number of nitrogens with two attached hydrogens (primary N) is 2. The van der Waals surface area contributed by atoms with Crippen LogP contribution in [0.2, 0.25) is 0 Å².